The zero-order valence-electron chi connectivity index (χ0n) is 14.4. The first-order valence-electron chi connectivity index (χ1n) is 8.93. The Morgan fingerprint density at radius 3 is 2.69 bits per heavy atom. The zero-order chi connectivity index (χ0) is 18.0. The topological polar surface area (TPSA) is 65.0 Å². The van der Waals surface area contributed by atoms with Gasteiger partial charge in [-0.3, -0.25) is 4.55 Å². The van der Waals surface area contributed by atoms with E-state index in [4.69, 9.17) is 13.7 Å². The van der Waals surface area contributed by atoms with E-state index in [1.807, 2.05) is 36.4 Å². The molecule has 2 fully saturated rings. The monoisotopic (exact) mass is 394 g/mol. The molecule has 0 spiro atoms. The van der Waals surface area contributed by atoms with Crippen molar-refractivity contribution in [1.29, 1.82) is 0 Å². The van der Waals surface area contributed by atoms with Crippen LogP contribution in [0.15, 0.2) is 36.4 Å². The van der Waals surface area contributed by atoms with Gasteiger partial charge in [0, 0.05) is 17.4 Å². The van der Waals surface area contributed by atoms with Crippen molar-refractivity contribution in [1.82, 2.24) is 0 Å². The second-order valence-corrected chi connectivity index (χ2v) is 8.53. The van der Waals surface area contributed by atoms with Gasteiger partial charge in [-0.2, -0.15) is 4.21 Å². The third-order valence-corrected chi connectivity index (χ3v) is 6.88. The lowest BCUT2D eigenvalue weighted by atomic mass is 9.97. The van der Waals surface area contributed by atoms with Crippen LogP contribution in [0, 0.1) is 0 Å². The first-order chi connectivity index (χ1) is 12.7. The molecule has 2 saturated heterocycles. The van der Waals surface area contributed by atoms with E-state index in [9.17, 15) is 8.76 Å². The molecule has 2 aromatic rings. The van der Waals surface area contributed by atoms with E-state index in [-0.39, 0.29) is 6.29 Å². The lowest BCUT2D eigenvalue weighted by Gasteiger charge is -2.29. The molecule has 2 aromatic carbocycles. The van der Waals surface area contributed by atoms with Crippen molar-refractivity contribution < 1.29 is 22.4 Å². The summed E-state index contributed by atoms with van der Waals surface area (Å²) in [5, 5.41) is 1.96. The number of ether oxygens (including phenoxy) is 2. The summed E-state index contributed by atoms with van der Waals surface area (Å²) >= 11 is -0.734. The van der Waals surface area contributed by atoms with Gasteiger partial charge in [-0.25, -0.2) is 4.18 Å². The molecule has 0 radical (unpaired) electrons. The molecule has 5 nitrogen and oxygen atoms in total. The van der Waals surface area contributed by atoms with Gasteiger partial charge >= 0.3 is 11.4 Å². The molecule has 3 atom stereocenters. The Hall–Kier alpha value is -1.12. The van der Waals surface area contributed by atoms with Crippen molar-refractivity contribution >= 4 is 33.9 Å². The van der Waals surface area contributed by atoms with Crippen molar-refractivity contribution in [2.24, 2.45) is 0 Å². The highest BCUT2D eigenvalue weighted by Crippen LogP contribution is 2.51. The van der Waals surface area contributed by atoms with E-state index < -0.39 is 16.3 Å². The van der Waals surface area contributed by atoms with Crippen LogP contribution in [0.1, 0.15) is 37.7 Å². The number of fused-ring (bicyclic) bond motifs is 1. The molecule has 1 N–H and O–H groups in total. The van der Waals surface area contributed by atoms with Crippen LogP contribution >= 0.6 is 11.8 Å². The number of hydrogen-bond acceptors (Lipinski definition) is 5. The van der Waals surface area contributed by atoms with Crippen LogP contribution in [0.25, 0.3) is 10.8 Å². The molecule has 2 heterocycles. The summed E-state index contributed by atoms with van der Waals surface area (Å²) < 4.78 is 38.1. The van der Waals surface area contributed by atoms with Crippen molar-refractivity contribution in [2.75, 3.05) is 12.4 Å². The number of thioether (sulfide) groups is 1. The van der Waals surface area contributed by atoms with Gasteiger partial charge in [0.15, 0.2) is 11.2 Å². The van der Waals surface area contributed by atoms with Gasteiger partial charge in [-0.1, -0.05) is 30.3 Å². The molecule has 4 rings (SSSR count). The minimum Gasteiger partial charge on any atom is -0.464 e. The lowest BCUT2D eigenvalue weighted by molar-refractivity contribution is -0.105. The first-order valence-corrected chi connectivity index (χ1v) is 10.9. The molecule has 3 unspecified atom stereocenters. The molecule has 0 bridgehead atoms. The summed E-state index contributed by atoms with van der Waals surface area (Å²) in [4.78, 5) is -0.793. The summed E-state index contributed by atoms with van der Waals surface area (Å²) in [5.74, 6) is 1.68. The Balaban J connectivity index is 1.75. The van der Waals surface area contributed by atoms with Crippen LogP contribution < -0.4 is 4.74 Å². The van der Waals surface area contributed by atoms with Crippen molar-refractivity contribution in [3.8, 4) is 5.75 Å². The van der Waals surface area contributed by atoms with Crippen molar-refractivity contribution in [3.63, 3.8) is 0 Å². The summed E-state index contributed by atoms with van der Waals surface area (Å²) in [6, 6.07) is 11.9. The van der Waals surface area contributed by atoms with Crippen molar-refractivity contribution in [2.45, 2.75) is 43.3 Å². The Bertz CT molecular complexity index is 798. The van der Waals surface area contributed by atoms with E-state index >= 15 is 0 Å². The number of benzene rings is 2. The fraction of sp³-hybridized carbons (Fsp3) is 0.474. The molecule has 0 aliphatic carbocycles. The van der Waals surface area contributed by atoms with Crippen LogP contribution in [0.4, 0.5) is 0 Å². The fourth-order valence-corrected chi connectivity index (χ4v) is 5.72. The SMILES string of the molecule is O=S(O)OC1(c2ccc(OC3CCCCO3)c3ccccc23)CCCS1. The van der Waals surface area contributed by atoms with Gasteiger partial charge in [0.2, 0.25) is 0 Å². The normalized spacial score (nSPS) is 27.5. The Morgan fingerprint density at radius 2 is 2.00 bits per heavy atom. The minimum absolute atomic E-state index is 0.214. The predicted octanol–water partition coefficient (Wildman–Crippen LogP) is 4.58. The van der Waals surface area contributed by atoms with E-state index in [1.54, 1.807) is 11.8 Å². The van der Waals surface area contributed by atoms with Gasteiger partial charge in [0.1, 0.15) is 5.75 Å². The standard InChI is InChI=1S/C19H22O5S2/c20-26(21)24-19(11-5-13-25-19)16-9-10-17(15-7-2-1-6-14(15)16)23-18-8-3-4-12-22-18/h1-2,6-7,9-10,18H,3-5,8,11-13H2,(H,20,21). The highest BCUT2D eigenvalue weighted by Gasteiger charge is 2.41. The Morgan fingerprint density at radius 1 is 1.15 bits per heavy atom. The Labute approximate surface area is 159 Å². The summed E-state index contributed by atoms with van der Waals surface area (Å²) in [7, 11) is 0. The second-order valence-electron chi connectivity index (χ2n) is 6.58. The van der Waals surface area contributed by atoms with Gasteiger partial charge in [-0.15, -0.1) is 11.8 Å². The maximum atomic E-state index is 11.4. The van der Waals surface area contributed by atoms with Crippen LogP contribution in [0.3, 0.4) is 0 Å². The quantitative estimate of drug-likeness (QED) is 0.749. The van der Waals surface area contributed by atoms with Crippen LogP contribution in [-0.4, -0.2) is 27.4 Å². The molecule has 140 valence electrons. The molecular weight excluding hydrogens is 372 g/mol. The summed E-state index contributed by atoms with van der Waals surface area (Å²) in [6.07, 6.45) is 4.52. The van der Waals surface area contributed by atoms with Crippen LogP contribution in [-0.2, 0) is 25.2 Å². The van der Waals surface area contributed by atoms with E-state index in [1.165, 1.54) is 0 Å². The summed E-state index contributed by atoms with van der Waals surface area (Å²) in [6.45, 7) is 0.733. The zero-order valence-corrected chi connectivity index (χ0v) is 16.0. The first kappa shape index (κ1) is 18.3. The van der Waals surface area contributed by atoms with E-state index in [0.29, 0.717) is 6.42 Å². The molecule has 7 heteroatoms. The number of rotatable bonds is 5. The third-order valence-electron chi connectivity index (χ3n) is 4.88. The fourth-order valence-electron chi connectivity index (χ4n) is 3.70. The maximum absolute atomic E-state index is 11.4. The van der Waals surface area contributed by atoms with Crippen molar-refractivity contribution in [3.05, 3.63) is 42.0 Å². The Kier molecular flexibility index (Phi) is 5.52. The molecule has 2 aliphatic rings. The smallest absolute Gasteiger partial charge is 0.303 e. The summed E-state index contributed by atoms with van der Waals surface area (Å²) in [5.41, 5.74) is 0.926. The van der Waals surface area contributed by atoms with Gasteiger partial charge in [0.25, 0.3) is 0 Å². The average Bonchev–Trinajstić information content (AvgIpc) is 3.11. The largest absolute Gasteiger partial charge is 0.464 e. The van der Waals surface area contributed by atoms with Gasteiger partial charge in [0.05, 0.1) is 6.61 Å². The van der Waals surface area contributed by atoms with Crippen LogP contribution in [0.5, 0.6) is 5.75 Å². The van der Waals surface area contributed by atoms with Crippen LogP contribution in [0.2, 0.25) is 0 Å². The molecular formula is C19H22O5S2. The second kappa shape index (κ2) is 7.86. The highest BCUT2D eigenvalue weighted by molar-refractivity contribution is 8.00. The molecule has 2 aliphatic heterocycles. The molecule has 0 amide bonds. The number of hydrogen-bond donors (Lipinski definition) is 1. The van der Waals surface area contributed by atoms with E-state index in [2.05, 4.69) is 0 Å². The highest BCUT2D eigenvalue weighted by atomic mass is 32.2. The van der Waals surface area contributed by atoms with E-state index in [0.717, 1.165) is 60.1 Å². The average molecular weight is 395 g/mol. The lowest BCUT2D eigenvalue weighted by Crippen LogP contribution is -2.26. The van der Waals surface area contributed by atoms with Gasteiger partial charge in [-0.05, 0) is 42.9 Å². The van der Waals surface area contributed by atoms with Gasteiger partial charge < -0.3 is 9.47 Å². The molecule has 26 heavy (non-hydrogen) atoms. The molecule has 0 saturated carbocycles. The third kappa shape index (κ3) is 3.64. The predicted molar refractivity (Wildman–Crippen MR) is 103 cm³/mol. The minimum atomic E-state index is -2.32. The maximum Gasteiger partial charge on any atom is 0.303 e. The molecule has 0 aromatic heterocycles.